The number of rotatable bonds is 4. The minimum atomic E-state index is -0.334. The molecule has 0 N–H and O–H groups in total. The Balaban J connectivity index is 2.07. The second kappa shape index (κ2) is 4.87. The number of alkyl halides is 1. The topological polar surface area (TPSA) is 36.3 Å². The van der Waals surface area contributed by atoms with E-state index in [1.165, 1.54) is 0 Å². The molecule has 0 unspecified atom stereocenters. The number of nitrogens with zero attached hydrogens (tertiary/aromatic N) is 2. The first-order valence-corrected chi connectivity index (χ1v) is 6.83. The van der Waals surface area contributed by atoms with Crippen LogP contribution in [-0.2, 0) is 15.9 Å². The fraction of sp³-hybridized carbons (Fsp3) is 0.750. The lowest BCUT2D eigenvalue weighted by atomic mass is 9.82. The van der Waals surface area contributed by atoms with Gasteiger partial charge in [0.1, 0.15) is 0 Å². The van der Waals surface area contributed by atoms with Crippen LogP contribution < -0.4 is 5.46 Å². The highest BCUT2D eigenvalue weighted by molar-refractivity contribution is 6.61. The Morgan fingerprint density at radius 2 is 1.89 bits per heavy atom. The van der Waals surface area contributed by atoms with Crippen LogP contribution in [0.15, 0.2) is 12.4 Å². The molecule has 0 saturated carbocycles. The van der Waals surface area contributed by atoms with Gasteiger partial charge in [0.25, 0.3) is 0 Å². The Labute approximate surface area is 114 Å². The van der Waals surface area contributed by atoms with Crippen LogP contribution in [0.1, 0.15) is 34.1 Å². The first-order valence-electron chi connectivity index (χ1n) is 6.30. The van der Waals surface area contributed by atoms with Crippen LogP contribution in [0, 0.1) is 0 Å². The van der Waals surface area contributed by atoms with Crippen molar-refractivity contribution in [3.05, 3.63) is 12.4 Å². The van der Waals surface area contributed by atoms with E-state index in [0.29, 0.717) is 5.88 Å². The lowest BCUT2D eigenvalue weighted by Gasteiger charge is -2.32. The van der Waals surface area contributed by atoms with Gasteiger partial charge < -0.3 is 9.31 Å². The van der Waals surface area contributed by atoms with Gasteiger partial charge in [0.2, 0.25) is 0 Å². The first kappa shape index (κ1) is 13.9. The van der Waals surface area contributed by atoms with E-state index in [-0.39, 0.29) is 18.3 Å². The lowest BCUT2D eigenvalue weighted by Crippen LogP contribution is -2.41. The monoisotopic (exact) mass is 270 g/mol. The molecule has 0 amide bonds. The summed E-state index contributed by atoms with van der Waals surface area (Å²) in [7, 11) is -0.334. The summed E-state index contributed by atoms with van der Waals surface area (Å²) in [6.07, 6.45) is 4.68. The second-order valence-electron chi connectivity index (χ2n) is 5.67. The molecular weight excluding hydrogens is 250 g/mol. The van der Waals surface area contributed by atoms with E-state index in [9.17, 15) is 0 Å². The van der Waals surface area contributed by atoms with Crippen molar-refractivity contribution in [2.75, 3.05) is 5.88 Å². The molecule has 100 valence electrons. The maximum Gasteiger partial charge on any atom is 0.498 e. The molecule has 1 saturated heterocycles. The third kappa shape index (κ3) is 2.58. The molecule has 1 aromatic rings. The van der Waals surface area contributed by atoms with Gasteiger partial charge in [-0.05, 0) is 34.1 Å². The van der Waals surface area contributed by atoms with Crippen molar-refractivity contribution in [1.29, 1.82) is 0 Å². The van der Waals surface area contributed by atoms with Crippen LogP contribution in [0.25, 0.3) is 0 Å². The van der Waals surface area contributed by atoms with E-state index in [4.69, 9.17) is 20.9 Å². The van der Waals surface area contributed by atoms with Gasteiger partial charge in [-0.15, -0.1) is 11.6 Å². The molecule has 6 heteroatoms. The summed E-state index contributed by atoms with van der Waals surface area (Å²) >= 11 is 5.67. The molecule has 0 spiro atoms. The molecule has 0 aromatic carbocycles. The summed E-state index contributed by atoms with van der Waals surface area (Å²) in [5.74, 6) is 0.645. The molecule has 2 heterocycles. The average molecular weight is 271 g/mol. The summed E-state index contributed by atoms with van der Waals surface area (Å²) < 4.78 is 13.8. The quantitative estimate of drug-likeness (QED) is 0.618. The van der Waals surface area contributed by atoms with Crippen LogP contribution >= 0.6 is 11.6 Å². The van der Waals surface area contributed by atoms with Crippen molar-refractivity contribution >= 4 is 24.2 Å². The van der Waals surface area contributed by atoms with E-state index in [1.54, 1.807) is 6.20 Å². The van der Waals surface area contributed by atoms with Crippen LogP contribution in [0.4, 0.5) is 0 Å². The Hall–Kier alpha value is -0.515. The molecule has 1 fully saturated rings. The average Bonchev–Trinajstić information content (AvgIpc) is 2.80. The van der Waals surface area contributed by atoms with Gasteiger partial charge in [-0.2, -0.15) is 5.10 Å². The SMILES string of the molecule is CC1(C)OB(c2cnn(CCCCl)c2)OC1(C)C. The fourth-order valence-electron chi connectivity index (χ4n) is 1.82. The predicted octanol–water partition coefficient (Wildman–Crippen LogP) is 1.81. The van der Waals surface area contributed by atoms with Gasteiger partial charge in [-0.3, -0.25) is 4.68 Å². The molecule has 0 radical (unpaired) electrons. The van der Waals surface area contributed by atoms with E-state index in [1.807, 2.05) is 38.6 Å². The van der Waals surface area contributed by atoms with E-state index >= 15 is 0 Å². The molecule has 0 aliphatic carbocycles. The van der Waals surface area contributed by atoms with Gasteiger partial charge in [-0.1, -0.05) is 0 Å². The Bertz CT molecular complexity index is 404. The number of aromatic nitrogens is 2. The maximum atomic E-state index is 5.97. The highest BCUT2D eigenvalue weighted by atomic mass is 35.5. The van der Waals surface area contributed by atoms with Crippen molar-refractivity contribution < 1.29 is 9.31 Å². The number of hydrogen-bond acceptors (Lipinski definition) is 3. The molecule has 1 aliphatic heterocycles. The summed E-state index contributed by atoms with van der Waals surface area (Å²) in [5, 5.41) is 4.29. The van der Waals surface area contributed by atoms with Gasteiger partial charge in [-0.25, -0.2) is 0 Å². The van der Waals surface area contributed by atoms with Crippen LogP contribution in [0.5, 0.6) is 0 Å². The maximum absolute atomic E-state index is 5.97. The Kier molecular flexibility index (Phi) is 3.76. The van der Waals surface area contributed by atoms with Gasteiger partial charge in [0.05, 0.1) is 11.2 Å². The molecule has 0 atom stereocenters. The van der Waals surface area contributed by atoms with E-state index in [2.05, 4.69) is 5.10 Å². The van der Waals surface area contributed by atoms with Crippen molar-refractivity contribution in [2.24, 2.45) is 0 Å². The standard InChI is InChI=1S/C12H20BClN2O2/c1-11(2)12(3,4)18-13(17-11)10-8-15-16(9-10)7-5-6-14/h8-9H,5-7H2,1-4H3. The molecule has 2 rings (SSSR count). The summed E-state index contributed by atoms with van der Waals surface area (Å²) in [5.41, 5.74) is 0.342. The predicted molar refractivity (Wildman–Crippen MR) is 73.3 cm³/mol. The molecule has 18 heavy (non-hydrogen) atoms. The largest absolute Gasteiger partial charge is 0.498 e. The third-order valence-electron chi connectivity index (χ3n) is 3.70. The van der Waals surface area contributed by atoms with E-state index < -0.39 is 0 Å². The minimum absolute atomic E-state index is 0.310. The fourth-order valence-corrected chi connectivity index (χ4v) is 1.94. The number of hydrogen-bond donors (Lipinski definition) is 0. The van der Waals surface area contributed by atoms with E-state index in [0.717, 1.165) is 18.4 Å². The smallest absolute Gasteiger partial charge is 0.399 e. The number of halogens is 1. The van der Waals surface area contributed by atoms with Crippen LogP contribution in [0.3, 0.4) is 0 Å². The zero-order chi connectivity index (χ0) is 13.4. The Morgan fingerprint density at radius 3 is 2.44 bits per heavy atom. The molecule has 4 nitrogen and oxygen atoms in total. The normalized spacial score (nSPS) is 21.5. The summed E-state index contributed by atoms with van der Waals surface area (Å²) in [4.78, 5) is 0. The molecule has 1 aliphatic rings. The van der Waals surface area contributed by atoms with Gasteiger partial charge in [0, 0.05) is 30.3 Å². The second-order valence-corrected chi connectivity index (χ2v) is 6.05. The number of aryl methyl sites for hydroxylation is 1. The zero-order valence-electron chi connectivity index (χ0n) is 11.4. The summed E-state index contributed by atoms with van der Waals surface area (Å²) in [6.45, 7) is 9.01. The highest BCUT2D eigenvalue weighted by Crippen LogP contribution is 2.36. The molecular formula is C12H20BClN2O2. The van der Waals surface area contributed by atoms with Crippen LogP contribution in [-0.4, -0.2) is 34.0 Å². The first-order chi connectivity index (χ1) is 8.36. The highest BCUT2D eigenvalue weighted by Gasteiger charge is 2.52. The molecule has 0 bridgehead atoms. The summed E-state index contributed by atoms with van der Waals surface area (Å²) in [6, 6.07) is 0. The van der Waals surface area contributed by atoms with Crippen molar-refractivity contribution in [2.45, 2.75) is 51.9 Å². The zero-order valence-corrected chi connectivity index (χ0v) is 12.2. The van der Waals surface area contributed by atoms with Crippen LogP contribution in [0.2, 0.25) is 0 Å². The van der Waals surface area contributed by atoms with Crippen molar-refractivity contribution in [3.8, 4) is 0 Å². The van der Waals surface area contributed by atoms with Gasteiger partial charge >= 0.3 is 7.12 Å². The molecule has 1 aromatic heterocycles. The van der Waals surface area contributed by atoms with Crippen molar-refractivity contribution in [1.82, 2.24) is 9.78 Å². The lowest BCUT2D eigenvalue weighted by molar-refractivity contribution is 0.00578. The minimum Gasteiger partial charge on any atom is -0.399 e. The van der Waals surface area contributed by atoms with Crippen molar-refractivity contribution in [3.63, 3.8) is 0 Å². The van der Waals surface area contributed by atoms with Gasteiger partial charge in [0.15, 0.2) is 0 Å². The third-order valence-corrected chi connectivity index (χ3v) is 3.97. The Morgan fingerprint density at radius 1 is 1.28 bits per heavy atom.